The number of anilines is 3. The monoisotopic (exact) mass is 461 g/mol. The molecule has 0 saturated carbocycles. The van der Waals surface area contributed by atoms with E-state index in [9.17, 15) is 0 Å². The Morgan fingerprint density at radius 1 is 0.909 bits per heavy atom. The Morgan fingerprint density at radius 3 is 2.24 bits per heavy atom. The smallest absolute Gasteiger partial charge is 0.232 e. The van der Waals surface area contributed by atoms with Crippen LogP contribution in [0.25, 0.3) is 0 Å². The quantitative estimate of drug-likeness (QED) is 0.325. The Hall–Kier alpha value is -2.73. The molecule has 0 bridgehead atoms. The van der Waals surface area contributed by atoms with Crippen LogP contribution in [-0.2, 0) is 20.6 Å². The number of methoxy groups -OCH3 is 1. The van der Waals surface area contributed by atoms with Crippen molar-refractivity contribution < 1.29 is 18.9 Å². The van der Waals surface area contributed by atoms with Crippen molar-refractivity contribution in [2.75, 3.05) is 95.0 Å². The maximum atomic E-state index is 5.56. The number of hydrogen-bond acceptors (Lipinski definition) is 11. The number of nitrogens with zero attached hydrogens (tertiary/aromatic N) is 4. The predicted molar refractivity (Wildman–Crippen MR) is 127 cm³/mol. The number of nitrogens with two attached hydrogens (primary N) is 1. The van der Waals surface area contributed by atoms with Crippen LogP contribution in [0.15, 0.2) is 24.3 Å². The molecule has 0 atom stereocenters. The van der Waals surface area contributed by atoms with Gasteiger partial charge in [0.05, 0.1) is 46.8 Å². The van der Waals surface area contributed by atoms with Gasteiger partial charge in [0.15, 0.2) is 0 Å². The molecule has 0 unspecified atom stereocenters. The van der Waals surface area contributed by atoms with Crippen molar-refractivity contribution >= 4 is 17.8 Å². The molecule has 2 heterocycles. The Kier molecular flexibility index (Phi) is 10.9. The third-order valence-corrected chi connectivity index (χ3v) is 4.94. The average molecular weight is 462 g/mol. The van der Waals surface area contributed by atoms with E-state index in [0.717, 1.165) is 25.3 Å². The summed E-state index contributed by atoms with van der Waals surface area (Å²) in [6, 6.07) is 8.04. The van der Waals surface area contributed by atoms with Gasteiger partial charge >= 0.3 is 0 Å². The highest BCUT2D eigenvalue weighted by atomic mass is 16.5. The molecule has 3 rings (SSSR count). The lowest BCUT2D eigenvalue weighted by molar-refractivity contribution is 0.0547. The normalized spacial score (nSPS) is 13.7. The van der Waals surface area contributed by atoms with E-state index in [1.807, 2.05) is 12.1 Å². The number of morpholine rings is 1. The van der Waals surface area contributed by atoms with Gasteiger partial charge < -0.3 is 40.2 Å². The standard InChI is InChI=1S/C22H35N7O4/c1-30-19-4-2-18(3-5-19)6-8-24-20-26-21(25-9-13-32-17-16-31-12-7-23)28-22(27-20)29-10-14-33-15-11-29/h2-5H,6-17,23H2,1H3,(H2,24,25,26,27,28). The van der Waals surface area contributed by atoms with E-state index < -0.39 is 0 Å². The zero-order valence-corrected chi connectivity index (χ0v) is 19.3. The van der Waals surface area contributed by atoms with Gasteiger partial charge in [0.1, 0.15) is 5.75 Å². The van der Waals surface area contributed by atoms with Crippen LogP contribution in [0.1, 0.15) is 5.56 Å². The van der Waals surface area contributed by atoms with Crippen molar-refractivity contribution in [2.24, 2.45) is 5.73 Å². The minimum Gasteiger partial charge on any atom is -0.497 e. The van der Waals surface area contributed by atoms with E-state index in [0.29, 0.717) is 77.1 Å². The summed E-state index contributed by atoms with van der Waals surface area (Å²) in [6.07, 6.45) is 0.839. The van der Waals surface area contributed by atoms with E-state index in [2.05, 4.69) is 42.6 Å². The number of ether oxygens (including phenoxy) is 4. The molecule has 11 heteroatoms. The van der Waals surface area contributed by atoms with Crippen molar-refractivity contribution in [1.29, 1.82) is 0 Å². The molecule has 2 aromatic rings. The fourth-order valence-corrected chi connectivity index (χ4v) is 3.18. The Morgan fingerprint density at radius 2 is 1.58 bits per heavy atom. The second-order valence-corrected chi connectivity index (χ2v) is 7.35. The Bertz CT molecular complexity index is 804. The Balaban J connectivity index is 1.52. The fraction of sp³-hybridized carbons (Fsp3) is 0.591. The minimum atomic E-state index is 0.515. The summed E-state index contributed by atoms with van der Waals surface area (Å²) >= 11 is 0. The first-order valence-corrected chi connectivity index (χ1v) is 11.3. The number of rotatable bonds is 15. The van der Waals surface area contributed by atoms with Crippen LogP contribution in [0, 0.1) is 0 Å². The van der Waals surface area contributed by atoms with Gasteiger partial charge in [-0.05, 0) is 24.1 Å². The van der Waals surface area contributed by atoms with Gasteiger partial charge in [0.2, 0.25) is 17.8 Å². The number of hydrogen-bond donors (Lipinski definition) is 3. The highest BCUT2D eigenvalue weighted by Gasteiger charge is 2.16. The molecule has 1 aromatic heterocycles. The molecule has 0 aliphatic carbocycles. The van der Waals surface area contributed by atoms with Gasteiger partial charge in [-0.15, -0.1) is 0 Å². The molecule has 11 nitrogen and oxygen atoms in total. The summed E-state index contributed by atoms with van der Waals surface area (Å²) in [5, 5.41) is 6.55. The maximum absolute atomic E-state index is 5.56. The van der Waals surface area contributed by atoms with Crippen LogP contribution in [0.5, 0.6) is 5.75 Å². The summed E-state index contributed by atoms with van der Waals surface area (Å²) in [5.41, 5.74) is 6.59. The molecule has 1 fully saturated rings. The van der Waals surface area contributed by atoms with Crippen LogP contribution in [0.3, 0.4) is 0 Å². The lowest BCUT2D eigenvalue weighted by Gasteiger charge is -2.27. The Labute approximate surface area is 195 Å². The molecule has 0 amide bonds. The summed E-state index contributed by atoms with van der Waals surface area (Å²) in [6.45, 7) is 6.74. The number of benzene rings is 1. The molecule has 33 heavy (non-hydrogen) atoms. The summed E-state index contributed by atoms with van der Waals surface area (Å²) in [5.74, 6) is 2.54. The van der Waals surface area contributed by atoms with Crippen LogP contribution >= 0.6 is 0 Å². The molecule has 1 aliphatic rings. The number of aromatic nitrogens is 3. The molecular weight excluding hydrogens is 426 g/mol. The highest BCUT2D eigenvalue weighted by molar-refractivity contribution is 5.44. The van der Waals surface area contributed by atoms with Gasteiger partial charge in [-0.3, -0.25) is 0 Å². The SMILES string of the molecule is COc1ccc(CCNc2nc(NCCOCCOCCN)nc(N3CCOCC3)n2)cc1. The van der Waals surface area contributed by atoms with E-state index in [1.165, 1.54) is 5.56 Å². The molecule has 182 valence electrons. The van der Waals surface area contributed by atoms with Crippen LogP contribution in [0.4, 0.5) is 17.8 Å². The fourth-order valence-electron chi connectivity index (χ4n) is 3.18. The van der Waals surface area contributed by atoms with Gasteiger partial charge in [-0.1, -0.05) is 12.1 Å². The molecule has 0 radical (unpaired) electrons. The van der Waals surface area contributed by atoms with Crippen molar-refractivity contribution in [3.05, 3.63) is 29.8 Å². The van der Waals surface area contributed by atoms with Gasteiger partial charge in [0.25, 0.3) is 0 Å². The number of nitrogens with one attached hydrogen (secondary N) is 2. The van der Waals surface area contributed by atoms with Crippen molar-refractivity contribution in [2.45, 2.75) is 6.42 Å². The van der Waals surface area contributed by atoms with E-state index in [-0.39, 0.29) is 0 Å². The zero-order chi connectivity index (χ0) is 23.1. The van der Waals surface area contributed by atoms with Gasteiger partial charge in [-0.2, -0.15) is 15.0 Å². The van der Waals surface area contributed by atoms with Crippen LogP contribution in [0.2, 0.25) is 0 Å². The first-order chi connectivity index (χ1) is 16.3. The predicted octanol–water partition coefficient (Wildman–Crippen LogP) is 0.775. The first kappa shape index (κ1) is 24.9. The lowest BCUT2D eigenvalue weighted by Crippen LogP contribution is -2.37. The molecule has 1 aliphatic heterocycles. The van der Waals surface area contributed by atoms with E-state index in [1.54, 1.807) is 7.11 Å². The third kappa shape index (κ3) is 8.97. The molecular formula is C22H35N7O4. The molecule has 1 aromatic carbocycles. The van der Waals surface area contributed by atoms with Crippen molar-refractivity contribution in [3.8, 4) is 5.75 Å². The first-order valence-electron chi connectivity index (χ1n) is 11.3. The summed E-state index contributed by atoms with van der Waals surface area (Å²) in [7, 11) is 1.67. The maximum Gasteiger partial charge on any atom is 0.232 e. The molecule has 4 N–H and O–H groups in total. The second-order valence-electron chi connectivity index (χ2n) is 7.35. The zero-order valence-electron chi connectivity index (χ0n) is 19.3. The topological polar surface area (TPSA) is 129 Å². The minimum absolute atomic E-state index is 0.515. The third-order valence-electron chi connectivity index (χ3n) is 4.94. The van der Waals surface area contributed by atoms with Gasteiger partial charge in [-0.25, -0.2) is 0 Å². The molecule has 1 saturated heterocycles. The average Bonchev–Trinajstić information content (AvgIpc) is 2.86. The van der Waals surface area contributed by atoms with Crippen molar-refractivity contribution in [1.82, 2.24) is 15.0 Å². The van der Waals surface area contributed by atoms with E-state index in [4.69, 9.17) is 24.7 Å². The van der Waals surface area contributed by atoms with E-state index >= 15 is 0 Å². The second kappa shape index (κ2) is 14.4. The van der Waals surface area contributed by atoms with Crippen LogP contribution in [-0.4, -0.2) is 94.4 Å². The highest BCUT2D eigenvalue weighted by Crippen LogP contribution is 2.16. The van der Waals surface area contributed by atoms with Crippen LogP contribution < -0.4 is 26.0 Å². The van der Waals surface area contributed by atoms with Gasteiger partial charge in [0, 0.05) is 32.7 Å². The molecule has 0 spiro atoms. The summed E-state index contributed by atoms with van der Waals surface area (Å²) < 4.78 is 21.5. The van der Waals surface area contributed by atoms with Crippen molar-refractivity contribution in [3.63, 3.8) is 0 Å². The largest absolute Gasteiger partial charge is 0.497 e. The lowest BCUT2D eigenvalue weighted by atomic mass is 10.1. The summed E-state index contributed by atoms with van der Waals surface area (Å²) in [4.78, 5) is 15.8.